The van der Waals surface area contributed by atoms with Crippen molar-refractivity contribution in [2.24, 2.45) is 5.92 Å². The summed E-state index contributed by atoms with van der Waals surface area (Å²) in [7, 11) is 0. The number of urea groups is 1. The summed E-state index contributed by atoms with van der Waals surface area (Å²) in [6.07, 6.45) is 2.38. The summed E-state index contributed by atoms with van der Waals surface area (Å²) in [5.41, 5.74) is 0.732. The summed E-state index contributed by atoms with van der Waals surface area (Å²) in [5, 5.41) is 23.7. The molecule has 1 saturated carbocycles. The number of phenols is 1. The van der Waals surface area contributed by atoms with Gasteiger partial charge in [-0.05, 0) is 43.4 Å². The Morgan fingerprint density at radius 2 is 1.86 bits per heavy atom. The van der Waals surface area contributed by atoms with Gasteiger partial charge in [-0.1, -0.05) is 12.1 Å². The highest BCUT2D eigenvalue weighted by Crippen LogP contribution is 2.32. The van der Waals surface area contributed by atoms with E-state index in [0.717, 1.165) is 18.4 Å². The lowest BCUT2D eigenvalue weighted by Gasteiger charge is -2.18. The molecule has 4 N–H and O–H groups in total. The third-order valence-electron chi connectivity index (χ3n) is 3.67. The van der Waals surface area contributed by atoms with Crippen molar-refractivity contribution in [3.8, 4) is 5.75 Å². The molecule has 0 spiro atoms. The van der Waals surface area contributed by atoms with Crippen LogP contribution in [0.3, 0.4) is 0 Å². The molecule has 0 bridgehead atoms. The first-order valence-corrected chi connectivity index (χ1v) is 7.03. The van der Waals surface area contributed by atoms with Crippen molar-refractivity contribution in [2.75, 3.05) is 0 Å². The Bertz CT molecular complexity index is 511. The number of hydrogen-bond donors (Lipinski definition) is 4. The maximum absolute atomic E-state index is 11.8. The van der Waals surface area contributed by atoms with E-state index in [2.05, 4.69) is 10.6 Å². The second kappa shape index (κ2) is 6.47. The molecule has 0 saturated heterocycles. The van der Waals surface area contributed by atoms with Crippen LogP contribution in [-0.4, -0.2) is 34.3 Å². The van der Waals surface area contributed by atoms with E-state index < -0.39 is 18.0 Å². The van der Waals surface area contributed by atoms with Crippen molar-refractivity contribution in [1.82, 2.24) is 10.6 Å². The Morgan fingerprint density at radius 3 is 2.38 bits per heavy atom. The summed E-state index contributed by atoms with van der Waals surface area (Å²) in [6, 6.07) is 4.86. The Kier molecular flexibility index (Phi) is 4.67. The molecule has 114 valence electrons. The van der Waals surface area contributed by atoms with Crippen LogP contribution in [0.2, 0.25) is 0 Å². The van der Waals surface area contributed by atoms with E-state index >= 15 is 0 Å². The van der Waals surface area contributed by atoms with E-state index in [0.29, 0.717) is 5.92 Å². The first-order chi connectivity index (χ1) is 9.95. The normalized spacial score (nSPS) is 16.8. The number of carboxylic acids is 1. The molecule has 1 aromatic carbocycles. The molecule has 0 aliphatic heterocycles. The number of carbonyl (C=O) groups excluding carboxylic acids is 1. The van der Waals surface area contributed by atoms with Crippen molar-refractivity contribution >= 4 is 12.0 Å². The molecule has 2 unspecified atom stereocenters. The molecule has 0 aromatic heterocycles. The van der Waals surface area contributed by atoms with Crippen LogP contribution < -0.4 is 10.6 Å². The molecule has 1 fully saturated rings. The van der Waals surface area contributed by atoms with Gasteiger partial charge in [-0.25, -0.2) is 9.59 Å². The summed E-state index contributed by atoms with van der Waals surface area (Å²) >= 11 is 0. The quantitative estimate of drug-likeness (QED) is 0.638. The highest BCUT2D eigenvalue weighted by molar-refractivity contribution is 5.82. The van der Waals surface area contributed by atoms with Crippen molar-refractivity contribution in [3.05, 3.63) is 29.8 Å². The fraction of sp³-hybridized carbons (Fsp3) is 0.467. The van der Waals surface area contributed by atoms with Gasteiger partial charge >= 0.3 is 12.0 Å². The molecule has 1 aromatic rings. The molecular formula is C15H20N2O4. The Morgan fingerprint density at radius 1 is 1.24 bits per heavy atom. The molecule has 21 heavy (non-hydrogen) atoms. The minimum absolute atomic E-state index is 0.0631. The molecule has 1 aliphatic carbocycles. The Labute approximate surface area is 123 Å². The minimum atomic E-state index is -1.09. The van der Waals surface area contributed by atoms with Crippen LogP contribution in [0.1, 0.15) is 25.3 Å². The summed E-state index contributed by atoms with van der Waals surface area (Å²) < 4.78 is 0. The number of phenolic OH excluding ortho intramolecular Hbond substituents is 1. The third-order valence-corrected chi connectivity index (χ3v) is 3.67. The van der Waals surface area contributed by atoms with E-state index in [1.165, 1.54) is 12.1 Å². The Balaban J connectivity index is 1.90. The van der Waals surface area contributed by atoms with Crippen LogP contribution in [0.4, 0.5) is 4.79 Å². The average molecular weight is 292 g/mol. The second-order valence-electron chi connectivity index (χ2n) is 5.51. The summed E-state index contributed by atoms with van der Waals surface area (Å²) in [5.74, 6) is -0.456. The zero-order valence-corrected chi connectivity index (χ0v) is 11.9. The number of nitrogens with one attached hydrogen (secondary N) is 2. The third kappa shape index (κ3) is 4.66. The highest BCUT2D eigenvalue weighted by Gasteiger charge is 2.29. The summed E-state index contributed by atoms with van der Waals surface area (Å²) in [4.78, 5) is 23.1. The molecular weight excluding hydrogens is 272 g/mol. The fourth-order valence-corrected chi connectivity index (χ4v) is 2.19. The van der Waals surface area contributed by atoms with Crippen molar-refractivity contribution < 1.29 is 19.8 Å². The number of amides is 2. The minimum Gasteiger partial charge on any atom is -0.508 e. The van der Waals surface area contributed by atoms with Gasteiger partial charge in [0, 0.05) is 12.5 Å². The molecule has 6 heteroatoms. The van der Waals surface area contributed by atoms with Gasteiger partial charge in [-0.15, -0.1) is 0 Å². The predicted molar refractivity (Wildman–Crippen MR) is 77.1 cm³/mol. The van der Waals surface area contributed by atoms with Gasteiger partial charge in [-0.3, -0.25) is 0 Å². The lowest BCUT2D eigenvalue weighted by molar-refractivity contribution is -0.139. The lowest BCUT2D eigenvalue weighted by atomic mass is 10.1. The highest BCUT2D eigenvalue weighted by atomic mass is 16.4. The van der Waals surface area contributed by atoms with Gasteiger partial charge in [0.1, 0.15) is 11.8 Å². The zero-order valence-electron chi connectivity index (χ0n) is 11.9. The van der Waals surface area contributed by atoms with Crippen LogP contribution >= 0.6 is 0 Å². The largest absolute Gasteiger partial charge is 0.508 e. The monoisotopic (exact) mass is 292 g/mol. The molecule has 0 radical (unpaired) electrons. The number of rotatable bonds is 6. The smallest absolute Gasteiger partial charge is 0.326 e. The van der Waals surface area contributed by atoms with Gasteiger partial charge in [0.25, 0.3) is 0 Å². The van der Waals surface area contributed by atoms with E-state index in [9.17, 15) is 19.8 Å². The first-order valence-electron chi connectivity index (χ1n) is 7.03. The number of benzene rings is 1. The van der Waals surface area contributed by atoms with Crippen LogP contribution in [0.5, 0.6) is 5.75 Å². The maximum Gasteiger partial charge on any atom is 0.326 e. The van der Waals surface area contributed by atoms with Gasteiger partial charge < -0.3 is 20.8 Å². The first kappa shape index (κ1) is 15.2. The maximum atomic E-state index is 11.8. The number of carbonyl (C=O) groups is 2. The number of carboxylic acid groups (broad SMARTS) is 1. The van der Waals surface area contributed by atoms with Crippen molar-refractivity contribution in [1.29, 1.82) is 0 Å². The van der Waals surface area contributed by atoms with Crippen molar-refractivity contribution in [3.63, 3.8) is 0 Å². The van der Waals surface area contributed by atoms with Gasteiger partial charge in [0.05, 0.1) is 0 Å². The molecule has 2 atom stereocenters. The summed E-state index contributed by atoms with van der Waals surface area (Å²) in [6.45, 7) is 1.92. The van der Waals surface area contributed by atoms with Gasteiger partial charge in [0.15, 0.2) is 0 Å². The molecule has 2 rings (SSSR count). The number of aromatic hydroxyl groups is 1. The SMILES string of the molecule is CC(NC(=O)NC(Cc1ccc(O)cc1)C(=O)O)C1CC1. The molecule has 6 nitrogen and oxygen atoms in total. The second-order valence-corrected chi connectivity index (χ2v) is 5.51. The molecule has 0 heterocycles. The van der Waals surface area contributed by atoms with Crippen LogP contribution in [-0.2, 0) is 11.2 Å². The van der Waals surface area contributed by atoms with E-state index in [-0.39, 0.29) is 18.2 Å². The van der Waals surface area contributed by atoms with Crippen molar-refractivity contribution in [2.45, 2.75) is 38.3 Å². The topological polar surface area (TPSA) is 98.7 Å². The van der Waals surface area contributed by atoms with Crippen LogP contribution in [0.25, 0.3) is 0 Å². The fourth-order valence-electron chi connectivity index (χ4n) is 2.19. The van der Waals surface area contributed by atoms with E-state index in [1.807, 2.05) is 6.92 Å². The van der Waals surface area contributed by atoms with E-state index in [4.69, 9.17) is 0 Å². The Hall–Kier alpha value is -2.24. The van der Waals surface area contributed by atoms with E-state index in [1.54, 1.807) is 12.1 Å². The zero-order chi connectivity index (χ0) is 15.4. The number of aliphatic carboxylic acids is 1. The molecule has 2 amide bonds. The lowest BCUT2D eigenvalue weighted by Crippen LogP contribution is -2.49. The number of hydrogen-bond acceptors (Lipinski definition) is 3. The molecule has 1 aliphatic rings. The standard InChI is InChI=1S/C15H20N2O4/c1-9(11-4-5-11)16-15(21)17-13(14(19)20)8-10-2-6-12(18)7-3-10/h2-3,6-7,9,11,13,18H,4-5,8H2,1H3,(H,19,20)(H2,16,17,21). The van der Waals surface area contributed by atoms with Gasteiger partial charge in [-0.2, -0.15) is 0 Å². The van der Waals surface area contributed by atoms with Gasteiger partial charge in [0.2, 0.25) is 0 Å². The van der Waals surface area contributed by atoms with Crippen LogP contribution in [0, 0.1) is 5.92 Å². The van der Waals surface area contributed by atoms with Crippen LogP contribution in [0.15, 0.2) is 24.3 Å². The average Bonchev–Trinajstić information content (AvgIpc) is 3.24. The predicted octanol–water partition coefficient (Wildman–Crippen LogP) is 1.49.